The molecule has 1 fully saturated rings. The Morgan fingerprint density at radius 2 is 2.00 bits per heavy atom. The Morgan fingerprint density at radius 1 is 1.40 bits per heavy atom. The maximum atomic E-state index is 12.2. The second kappa shape index (κ2) is 5.92. The molecule has 0 aromatic heterocycles. The van der Waals surface area contributed by atoms with Gasteiger partial charge < -0.3 is 5.73 Å². The highest BCUT2D eigenvalue weighted by Gasteiger charge is 2.35. The first-order valence-electron chi connectivity index (χ1n) is 4.93. The molecule has 2 nitrogen and oxygen atoms in total. The van der Waals surface area contributed by atoms with Crippen LogP contribution in [-0.2, 0) is 0 Å². The summed E-state index contributed by atoms with van der Waals surface area (Å²) in [4.78, 5) is 1.46. The molecule has 0 bridgehead atoms. The van der Waals surface area contributed by atoms with E-state index in [-0.39, 0.29) is 18.4 Å². The molecule has 6 heteroatoms. The first-order chi connectivity index (χ1) is 6.42. The smallest absolute Gasteiger partial charge is 0.329 e. The summed E-state index contributed by atoms with van der Waals surface area (Å²) in [5, 5.41) is 0. The van der Waals surface area contributed by atoms with E-state index in [0.29, 0.717) is 19.0 Å². The third-order valence-corrected chi connectivity index (χ3v) is 2.75. The van der Waals surface area contributed by atoms with E-state index in [4.69, 9.17) is 5.73 Å². The standard InChI is InChI=1S/C9H17F3N2.ClH/c1-7-2-3-14(6-9(10,11)12)8(4-7)5-13;/h7-8H,2-6,13H2,1H3;1H. The minimum absolute atomic E-state index is 0. The molecule has 2 unspecified atom stereocenters. The number of halogens is 4. The molecule has 92 valence electrons. The maximum Gasteiger partial charge on any atom is 0.401 e. The van der Waals surface area contributed by atoms with Crippen LogP contribution < -0.4 is 5.73 Å². The van der Waals surface area contributed by atoms with Crippen molar-refractivity contribution in [3.05, 3.63) is 0 Å². The van der Waals surface area contributed by atoms with Crippen LogP contribution >= 0.6 is 12.4 Å². The molecule has 1 aliphatic heterocycles. The predicted molar refractivity (Wildman–Crippen MR) is 56.1 cm³/mol. The Labute approximate surface area is 94.4 Å². The fraction of sp³-hybridized carbons (Fsp3) is 1.00. The Balaban J connectivity index is 0.00000196. The minimum atomic E-state index is -4.10. The van der Waals surface area contributed by atoms with Gasteiger partial charge in [-0.3, -0.25) is 4.90 Å². The minimum Gasteiger partial charge on any atom is -0.329 e. The van der Waals surface area contributed by atoms with Gasteiger partial charge in [-0.25, -0.2) is 0 Å². The van der Waals surface area contributed by atoms with Gasteiger partial charge in [0.15, 0.2) is 0 Å². The highest BCUT2D eigenvalue weighted by Crippen LogP contribution is 2.25. The number of piperidine rings is 1. The summed E-state index contributed by atoms with van der Waals surface area (Å²) in [6.07, 6.45) is -2.48. The zero-order valence-electron chi connectivity index (χ0n) is 8.76. The summed E-state index contributed by atoms with van der Waals surface area (Å²) in [6.45, 7) is 2.08. The topological polar surface area (TPSA) is 29.3 Å². The van der Waals surface area contributed by atoms with E-state index in [1.165, 1.54) is 4.90 Å². The first-order valence-corrected chi connectivity index (χ1v) is 4.93. The van der Waals surface area contributed by atoms with Crippen LogP contribution in [0.25, 0.3) is 0 Å². The molecule has 0 radical (unpaired) electrons. The molecule has 1 saturated heterocycles. The molecular formula is C9H18ClF3N2. The SMILES string of the molecule is CC1CCN(CC(F)(F)F)C(CN)C1.Cl. The van der Waals surface area contributed by atoms with Gasteiger partial charge in [-0.2, -0.15) is 13.2 Å². The van der Waals surface area contributed by atoms with Crippen molar-refractivity contribution in [2.24, 2.45) is 11.7 Å². The molecule has 0 saturated carbocycles. The quantitative estimate of drug-likeness (QED) is 0.808. The van der Waals surface area contributed by atoms with Crippen molar-refractivity contribution in [2.45, 2.75) is 32.0 Å². The lowest BCUT2D eigenvalue weighted by Crippen LogP contribution is -2.49. The predicted octanol–water partition coefficient (Wildman–Crippen LogP) is 2.03. The monoisotopic (exact) mass is 246 g/mol. The molecule has 1 heterocycles. The van der Waals surface area contributed by atoms with E-state index in [0.717, 1.165) is 12.8 Å². The highest BCUT2D eigenvalue weighted by molar-refractivity contribution is 5.85. The van der Waals surface area contributed by atoms with Gasteiger partial charge in [-0.1, -0.05) is 6.92 Å². The summed E-state index contributed by atoms with van der Waals surface area (Å²) in [7, 11) is 0. The molecule has 1 aliphatic rings. The molecule has 2 N–H and O–H groups in total. The van der Waals surface area contributed by atoms with E-state index in [9.17, 15) is 13.2 Å². The van der Waals surface area contributed by atoms with E-state index >= 15 is 0 Å². The number of hydrogen-bond donors (Lipinski definition) is 1. The Kier molecular flexibility index (Phi) is 5.92. The van der Waals surface area contributed by atoms with E-state index < -0.39 is 12.7 Å². The van der Waals surface area contributed by atoms with Crippen LogP contribution in [0.1, 0.15) is 19.8 Å². The number of nitrogens with two attached hydrogens (primary N) is 1. The summed E-state index contributed by atoms with van der Waals surface area (Å²) < 4.78 is 36.5. The Hall–Kier alpha value is 0. The first kappa shape index (κ1) is 15.0. The summed E-state index contributed by atoms with van der Waals surface area (Å²) >= 11 is 0. The van der Waals surface area contributed by atoms with E-state index in [1.54, 1.807) is 0 Å². The van der Waals surface area contributed by atoms with E-state index in [1.807, 2.05) is 0 Å². The van der Waals surface area contributed by atoms with Gasteiger partial charge in [-0.05, 0) is 25.3 Å². The largest absolute Gasteiger partial charge is 0.401 e. The molecule has 2 atom stereocenters. The molecule has 0 aromatic carbocycles. The number of rotatable bonds is 2. The fourth-order valence-corrected chi connectivity index (χ4v) is 1.98. The molecular weight excluding hydrogens is 229 g/mol. The average Bonchev–Trinajstić information content (AvgIpc) is 2.06. The molecule has 0 aromatic rings. The number of hydrogen-bond acceptors (Lipinski definition) is 2. The lowest BCUT2D eigenvalue weighted by Gasteiger charge is -2.38. The van der Waals surface area contributed by atoms with Crippen LogP contribution in [0.2, 0.25) is 0 Å². The second-order valence-electron chi connectivity index (χ2n) is 4.10. The number of alkyl halides is 3. The Morgan fingerprint density at radius 3 is 2.47 bits per heavy atom. The van der Waals surface area contributed by atoms with Gasteiger partial charge in [0.25, 0.3) is 0 Å². The van der Waals surface area contributed by atoms with Crippen molar-refractivity contribution >= 4 is 12.4 Å². The second-order valence-corrected chi connectivity index (χ2v) is 4.10. The van der Waals surface area contributed by atoms with Crippen LogP contribution in [0.3, 0.4) is 0 Å². The maximum absolute atomic E-state index is 12.2. The van der Waals surface area contributed by atoms with Crippen LogP contribution in [0, 0.1) is 5.92 Å². The van der Waals surface area contributed by atoms with Gasteiger partial charge in [0, 0.05) is 12.6 Å². The third-order valence-electron chi connectivity index (χ3n) is 2.75. The van der Waals surface area contributed by atoms with Crippen molar-refractivity contribution in [3.8, 4) is 0 Å². The van der Waals surface area contributed by atoms with Crippen molar-refractivity contribution in [1.29, 1.82) is 0 Å². The van der Waals surface area contributed by atoms with E-state index in [2.05, 4.69) is 6.92 Å². The highest BCUT2D eigenvalue weighted by atomic mass is 35.5. The van der Waals surface area contributed by atoms with Crippen molar-refractivity contribution in [1.82, 2.24) is 4.90 Å². The van der Waals surface area contributed by atoms with Crippen molar-refractivity contribution < 1.29 is 13.2 Å². The lowest BCUT2D eigenvalue weighted by molar-refractivity contribution is -0.154. The normalized spacial score (nSPS) is 28.6. The summed E-state index contributed by atoms with van der Waals surface area (Å²) in [6, 6.07) is -0.0969. The molecule has 1 rings (SSSR count). The number of nitrogens with zero attached hydrogens (tertiary/aromatic N) is 1. The van der Waals surface area contributed by atoms with Gasteiger partial charge in [0.2, 0.25) is 0 Å². The fourth-order valence-electron chi connectivity index (χ4n) is 1.98. The van der Waals surface area contributed by atoms with Gasteiger partial charge in [0.1, 0.15) is 0 Å². The Bertz CT molecular complexity index is 187. The molecule has 0 aliphatic carbocycles. The summed E-state index contributed by atoms with van der Waals surface area (Å²) in [5.74, 6) is 0.494. The third kappa shape index (κ3) is 5.04. The van der Waals surface area contributed by atoms with Gasteiger partial charge >= 0.3 is 6.18 Å². The lowest BCUT2D eigenvalue weighted by atomic mass is 9.92. The van der Waals surface area contributed by atoms with Crippen LogP contribution in [0.4, 0.5) is 13.2 Å². The van der Waals surface area contributed by atoms with Gasteiger partial charge in [-0.15, -0.1) is 12.4 Å². The number of likely N-dealkylation sites (tertiary alicyclic amines) is 1. The van der Waals surface area contributed by atoms with Crippen LogP contribution in [0.5, 0.6) is 0 Å². The molecule has 0 amide bonds. The zero-order chi connectivity index (χ0) is 10.8. The molecule has 0 spiro atoms. The molecule has 15 heavy (non-hydrogen) atoms. The summed E-state index contributed by atoms with van der Waals surface area (Å²) in [5.41, 5.74) is 5.47. The zero-order valence-corrected chi connectivity index (χ0v) is 9.57. The van der Waals surface area contributed by atoms with Gasteiger partial charge in [0.05, 0.1) is 6.54 Å². The average molecular weight is 247 g/mol. The van der Waals surface area contributed by atoms with Crippen molar-refractivity contribution in [2.75, 3.05) is 19.6 Å². The van der Waals surface area contributed by atoms with Crippen molar-refractivity contribution in [3.63, 3.8) is 0 Å². The van der Waals surface area contributed by atoms with Crippen LogP contribution in [0.15, 0.2) is 0 Å². The van der Waals surface area contributed by atoms with Crippen LogP contribution in [-0.4, -0.2) is 36.8 Å².